The number of hydrogen-bond acceptors (Lipinski definition) is 3. The second-order valence-corrected chi connectivity index (χ2v) is 6.57. The largest absolute Gasteiger partial charge is 0.467 e. The predicted molar refractivity (Wildman–Crippen MR) is 101 cm³/mol. The number of benzene rings is 1. The van der Waals surface area contributed by atoms with Crippen molar-refractivity contribution in [2.24, 2.45) is 0 Å². The molecule has 0 saturated carbocycles. The molecule has 1 fully saturated rings. The highest BCUT2D eigenvalue weighted by molar-refractivity contribution is 5.91. The summed E-state index contributed by atoms with van der Waals surface area (Å²) in [4.78, 5) is 18.9. The van der Waals surface area contributed by atoms with Gasteiger partial charge in [0.1, 0.15) is 5.76 Å². The van der Waals surface area contributed by atoms with Gasteiger partial charge in [-0.05, 0) is 55.2 Å². The molecule has 0 bridgehead atoms. The van der Waals surface area contributed by atoms with E-state index in [0.29, 0.717) is 0 Å². The Morgan fingerprint density at radius 1 is 1.23 bits per heavy atom. The van der Waals surface area contributed by atoms with Crippen LogP contribution in [0, 0.1) is 6.92 Å². The lowest BCUT2D eigenvalue weighted by Gasteiger charge is -2.24. The van der Waals surface area contributed by atoms with Crippen molar-refractivity contribution in [1.29, 1.82) is 0 Å². The molecule has 1 atom stereocenters. The van der Waals surface area contributed by atoms with E-state index in [1.165, 1.54) is 0 Å². The molecule has 3 heterocycles. The minimum Gasteiger partial charge on any atom is -0.467 e. The molecule has 1 aliphatic rings. The highest BCUT2D eigenvalue weighted by Gasteiger charge is 2.31. The van der Waals surface area contributed by atoms with E-state index in [2.05, 4.69) is 10.3 Å². The highest BCUT2D eigenvalue weighted by Crippen LogP contribution is 2.33. The summed E-state index contributed by atoms with van der Waals surface area (Å²) >= 11 is 0. The molecule has 1 saturated heterocycles. The van der Waals surface area contributed by atoms with E-state index in [1.807, 2.05) is 60.5 Å². The van der Waals surface area contributed by atoms with E-state index < -0.39 is 0 Å². The lowest BCUT2D eigenvalue weighted by Crippen LogP contribution is -2.34. The monoisotopic (exact) mass is 347 g/mol. The smallest absolute Gasteiger partial charge is 0.322 e. The Hall–Kier alpha value is -3.08. The van der Waals surface area contributed by atoms with E-state index in [4.69, 9.17) is 4.42 Å². The Labute approximate surface area is 152 Å². The normalized spacial score (nSPS) is 16.7. The summed E-state index contributed by atoms with van der Waals surface area (Å²) in [5.74, 6) is 0.846. The molecule has 2 aromatic heterocycles. The van der Waals surface area contributed by atoms with Crippen molar-refractivity contribution in [1.82, 2.24) is 9.88 Å². The fourth-order valence-electron chi connectivity index (χ4n) is 3.44. The van der Waals surface area contributed by atoms with Crippen LogP contribution < -0.4 is 5.32 Å². The van der Waals surface area contributed by atoms with Crippen LogP contribution in [0.25, 0.3) is 11.1 Å². The average molecular weight is 347 g/mol. The second kappa shape index (κ2) is 7.04. The number of likely N-dealkylation sites (tertiary alicyclic amines) is 1. The minimum atomic E-state index is -0.0877. The first-order chi connectivity index (χ1) is 12.7. The zero-order chi connectivity index (χ0) is 17.9. The van der Waals surface area contributed by atoms with Crippen LogP contribution in [0.3, 0.4) is 0 Å². The number of nitrogens with one attached hydrogen (secondary N) is 1. The number of anilines is 1. The number of furan rings is 1. The summed E-state index contributed by atoms with van der Waals surface area (Å²) in [6.45, 7) is 2.73. The number of urea groups is 1. The first kappa shape index (κ1) is 16.4. The summed E-state index contributed by atoms with van der Waals surface area (Å²) in [5, 5.41) is 3.08. The molecule has 1 N–H and O–H groups in total. The Morgan fingerprint density at radius 3 is 2.92 bits per heavy atom. The van der Waals surface area contributed by atoms with E-state index >= 15 is 0 Å². The van der Waals surface area contributed by atoms with Crippen LogP contribution in [0.15, 0.2) is 65.5 Å². The summed E-state index contributed by atoms with van der Waals surface area (Å²) in [6.07, 6.45) is 7.14. The maximum Gasteiger partial charge on any atom is 0.322 e. The van der Waals surface area contributed by atoms with Gasteiger partial charge in [0.2, 0.25) is 0 Å². The summed E-state index contributed by atoms with van der Waals surface area (Å²) in [5.41, 5.74) is 3.90. The maximum absolute atomic E-state index is 12.9. The maximum atomic E-state index is 12.9. The summed E-state index contributed by atoms with van der Waals surface area (Å²) in [6, 6.07) is 13.7. The number of hydrogen-bond donors (Lipinski definition) is 1. The number of pyridine rings is 1. The summed E-state index contributed by atoms with van der Waals surface area (Å²) in [7, 11) is 0. The molecule has 1 aliphatic heterocycles. The van der Waals surface area contributed by atoms with E-state index in [9.17, 15) is 4.79 Å². The molecular formula is C21H21N3O2. The number of rotatable bonds is 3. The summed E-state index contributed by atoms with van der Waals surface area (Å²) < 4.78 is 5.52. The number of nitrogens with zero attached hydrogens (tertiary/aromatic N) is 2. The fraction of sp³-hybridized carbons (Fsp3) is 0.238. The van der Waals surface area contributed by atoms with Gasteiger partial charge in [-0.2, -0.15) is 0 Å². The van der Waals surface area contributed by atoms with Gasteiger partial charge < -0.3 is 14.6 Å². The third-order valence-corrected chi connectivity index (χ3v) is 4.86. The third kappa shape index (κ3) is 3.20. The Balaban J connectivity index is 1.56. The van der Waals surface area contributed by atoms with Gasteiger partial charge in [0, 0.05) is 30.2 Å². The van der Waals surface area contributed by atoms with Gasteiger partial charge >= 0.3 is 6.03 Å². The lowest BCUT2D eigenvalue weighted by atomic mass is 10.0. The van der Waals surface area contributed by atoms with Crippen LogP contribution >= 0.6 is 0 Å². The molecule has 0 aliphatic carbocycles. The standard InChI is InChI=1S/C21H21N3O2/c1-15-8-9-16(17-5-2-10-22-14-17)13-18(15)23-21(25)24-11-3-6-19(24)20-7-4-12-26-20/h2,4-5,7-10,12-14,19H,3,6,11H2,1H3,(H,23,25). The zero-order valence-electron chi connectivity index (χ0n) is 14.7. The number of carbonyl (C=O) groups is 1. The first-order valence-electron chi connectivity index (χ1n) is 8.84. The number of amides is 2. The molecule has 2 amide bonds. The van der Waals surface area contributed by atoms with Gasteiger partial charge in [-0.1, -0.05) is 18.2 Å². The predicted octanol–water partition coefficient (Wildman–Crippen LogP) is 5.02. The molecule has 1 aromatic carbocycles. The highest BCUT2D eigenvalue weighted by atomic mass is 16.3. The van der Waals surface area contributed by atoms with Gasteiger partial charge in [-0.3, -0.25) is 4.98 Å². The van der Waals surface area contributed by atoms with E-state index in [1.54, 1.807) is 12.5 Å². The van der Waals surface area contributed by atoms with Crippen molar-refractivity contribution < 1.29 is 9.21 Å². The molecule has 0 radical (unpaired) electrons. The van der Waals surface area contributed by atoms with E-state index in [-0.39, 0.29) is 12.1 Å². The van der Waals surface area contributed by atoms with Crippen LogP contribution in [0.5, 0.6) is 0 Å². The van der Waals surface area contributed by atoms with Crippen molar-refractivity contribution in [2.75, 3.05) is 11.9 Å². The lowest BCUT2D eigenvalue weighted by molar-refractivity contribution is 0.200. The van der Waals surface area contributed by atoms with Crippen molar-refractivity contribution in [3.05, 3.63) is 72.4 Å². The van der Waals surface area contributed by atoms with Crippen LogP contribution in [0.1, 0.15) is 30.2 Å². The molecule has 0 spiro atoms. The van der Waals surface area contributed by atoms with Crippen molar-refractivity contribution >= 4 is 11.7 Å². The van der Waals surface area contributed by atoms with Gasteiger partial charge in [0.25, 0.3) is 0 Å². The Bertz CT molecular complexity index is 891. The topological polar surface area (TPSA) is 58.4 Å². The van der Waals surface area contributed by atoms with Gasteiger partial charge in [-0.25, -0.2) is 4.79 Å². The Kier molecular flexibility index (Phi) is 4.44. The zero-order valence-corrected chi connectivity index (χ0v) is 14.7. The third-order valence-electron chi connectivity index (χ3n) is 4.86. The molecule has 5 heteroatoms. The van der Waals surface area contributed by atoms with Gasteiger partial charge in [0.15, 0.2) is 0 Å². The molecule has 1 unspecified atom stereocenters. The number of aryl methyl sites for hydroxylation is 1. The first-order valence-corrected chi connectivity index (χ1v) is 8.84. The quantitative estimate of drug-likeness (QED) is 0.724. The van der Waals surface area contributed by atoms with Crippen LogP contribution in [-0.2, 0) is 0 Å². The second-order valence-electron chi connectivity index (χ2n) is 6.57. The van der Waals surface area contributed by atoms with Crippen LogP contribution in [0.4, 0.5) is 10.5 Å². The van der Waals surface area contributed by atoms with Crippen molar-refractivity contribution in [2.45, 2.75) is 25.8 Å². The fourth-order valence-corrected chi connectivity index (χ4v) is 3.44. The molecular weight excluding hydrogens is 326 g/mol. The average Bonchev–Trinajstić information content (AvgIpc) is 3.35. The molecule has 3 aromatic rings. The number of aromatic nitrogens is 1. The Morgan fingerprint density at radius 2 is 2.15 bits per heavy atom. The number of carbonyl (C=O) groups excluding carboxylic acids is 1. The van der Waals surface area contributed by atoms with Crippen molar-refractivity contribution in [3.63, 3.8) is 0 Å². The molecule has 5 nitrogen and oxygen atoms in total. The molecule has 132 valence electrons. The van der Waals surface area contributed by atoms with Crippen LogP contribution in [0.2, 0.25) is 0 Å². The van der Waals surface area contributed by atoms with Gasteiger partial charge in [-0.15, -0.1) is 0 Å². The molecule has 4 rings (SSSR count). The van der Waals surface area contributed by atoms with E-state index in [0.717, 1.165) is 47.5 Å². The SMILES string of the molecule is Cc1ccc(-c2cccnc2)cc1NC(=O)N1CCCC1c1ccco1. The van der Waals surface area contributed by atoms with Crippen molar-refractivity contribution in [3.8, 4) is 11.1 Å². The minimum absolute atomic E-state index is 0.00631. The van der Waals surface area contributed by atoms with Crippen LogP contribution in [-0.4, -0.2) is 22.5 Å². The molecule has 26 heavy (non-hydrogen) atoms. The van der Waals surface area contributed by atoms with Gasteiger partial charge in [0.05, 0.1) is 12.3 Å².